The van der Waals surface area contributed by atoms with E-state index in [0.29, 0.717) is 18.4 Å². The van der Waals surface area contributed by atoms with Crippen molar-refractivity contribution >= 4 is 18.0 Å². The molecule has 0 bridgehead atoms. The molecule has 0 amide bonds. The fourth-order valence-electron chi connectivity index (χ4n) is 5.46. The van der Waals surface area contributed by atoms with Crippen LogP contribution in [0.3, 0.4) is 0 Å². The van der Waals surface area contributed by atoms with E-state index in [1.165, 1.54) is 17.7 Å². The Kier molecular flexibility index (Phi) is 7.13. The molecule has 6 nitrogen and oxygen atoms in total. The first-order chi connectivity index (χ1) is 18.2. The molecule has 2 N–H and O–H groups in total. The van der Waals surface area contributed by atoms with E-state index < -0.39 is 35.5 Å². The van der Waals surface area contributed by atoms with Crippen LogP contribution in [0, 0.1) is 5.82 Å². The molecule has 2 atom stereocenters. The van der Waals surface area contributed by atoms with E-state index in [-0.39, 0.29) is 12.3 Å². The number of carboxylic acid groups (broad SMARTS) is 1. The van der Waals surface area contributed by atoms with Crippen LogP contribution in [0.4, 0.5) is 4.39 Å². The third kappa shape index (κ3) is 4.98. The lowest BCUT2D eigenvalue weighted by Gasteiger charge is -2.25. The van der Waals surface area contributed by atoms with Gasteiger partial charge in [0.15, 0.2) is 0 Å². The number of hydrogen-bond acceptors (Lipinski definition) is 5. The summed E-state index contributed by atoms with van der Waals surface area (Å²) >= 11 is 0. The molecule has 1 aliphatic carbocycles. The van der Waals surface area contributed by atoms with Gasteiger partial charge in [-0.25, -0.2) is 9.18 Å². The SMILES string of the molecule is CC(C)c1nc2c(c(-c3ccc(F)c(C(=O)O)c3)c1C=C[C@@H]1C[C@@H](O)CC(=O)O1)CCCc1ccccc1-2. The van der Waals surface area contributed by atoms with Crippen LogP contribution in [0.15, 0.2) is 48.5 Å². The zero-order valence-corrected chi connectivity index (χ0v) is 21.4. The van der Waals surface area contributed by atoms with Crippen LogP contribution in [-0.4, -0.2) is 39.3 Å². The number of aromatic carboxylic acids is 1. The van der Waals surface area contributed by atoms with Crippen LogP contribution in [0.25, 0.3) is 28.5 Å². The highest BCUT2D eigenvalue weighted by Gasteiger charge is 2.28. The summed E-state index contributed by atoms with van der Waals surface area (Å²) in [5.74, 6) is -2.58. The van der Waals surface area contributed by atoms with Gasteiger partial charge in [0.1, 0.15) is 11.9 Å². The highest BCUT2D eigenvalue weighted by atomic mass is 19.1. The van der Waals surface area contributed by atoms with E-state index in [4.69, 9.17) is 9.72 Å². The lowest BCUT2D eigenvalue weighted by molar-refractivity contribution is -0.156. The van der Waals surface area contributed by atoms with Gasteiger partial charge in [0.2, 0.25) is 0 Å². The van der Waals surface area contributed by atoms with Crippen molar-refractivity contribution in [3.63, 3.8) is 0 Å². The number of aromatic nitrogens is 1. The third-order valence-electron chi connectivity index (χ3n) is 7.21. The Labute approximate surface area is 220 Å². The number of carbonyl (C=O) groups is 2. The molecule has 0 saturated carbocycles. The van der Waals surface area contributed by atoms with Crippen LogP contribution in [-0.2, 0) is 22.4 Å². The zero-order chi connectivity index (χ0) is 27.0. The Morgan fingerprint density at radius 3 is 2.71 bits per heavy atom. The second-order valence-corrected chi connectivity index (χ2v) is 10.3. The van der Waals surface area contributed by atoms with Gasteiger partial charge in [0.05, 0.1) is 29.5 Å². The minimum atomic E-state index is -1.33. The smallest absolute Gasteiger partial charge is 0.338 e. The number of nitrogens with zero attached hydrogens (tertiary/aromatic N) is 1. The molecular weight excluding hydrogens is 485 g/mol. The number of aryl methyl sites for hydroxylation is 1. The van der Waals surface area contributed by atoms with Crippen molar-refractivity contribution in [3.05, 3.63) is 82.3 Å². The molecule has 1 aliphatic heterocycles. The average molecular weight is 516 g/mol. The number of ether oxygens (including phenoxy) is 1. The maximum absolute atomic E-state index is 14.4. The van der Waals surface area contributed by atoms with Crippen molar-refractivity contribution in [1.29, 1.82) is 0 Å². The van der Waals surface area contributed by atoms with Gasteiger partial charge >= 0.3 is 11.9 Å². The number of pyridine rings is 1. The van der Waals surface area contributed by atoms with Gasteiger partial charge in [-0.1, -0.05) is 50.3 Å². The summed E-state index contributed by atoms with van der Waals surface area (Å²) in [7, 11) is 0. The quantitative estimate of drug-likeness (QED) is 0.408. The molecule has 0 spiro atoms. The fraction of sp³-hybridized carbons (Fsp3) is 0.323. The van der Waals surface area contributed by atoms with Crippen LogP contribution < -0.4 is 0 Å². The number of fused-ring (bicyclic) bond motifs is 3. The lowest BCUT2D eigenvalue weighted by Crippen LogP contribution is -2.31. The van der Waals surface area contributed by atoms with E-state index in [1.54, 1.807) is 12.1 Å². The number of carboxylic acids is 1. The monoisotopic (exact) mass is 515 g/mol. The normalized spacial score (nSPS) is 19.1. The molecule has 5 rings (SSSR count). The Hall–Kier alpha value is -3.84. The first-order valence-electron chi connectivity index (χ1n) is 13.0. The Morgan fingerprint density at radius 2 is 1.97 bits per heavy atom. The van der Waals surface area contributed by atoms with E-state index in [0.717, 1.165) is 46.5 Å². The maximum atomic E-state index is 14.4. The van der Waals surface area contributed by atoms with Gasteiger partial charge in [-0.2, -0.15) is 0 Å². The molecule has 3 aromatic rings. The van der Waals surface area contributed by atoms with E-state index in [2.05, 4.69) is 12.1 Å². The lowest BCUT2D eigenvalue weighted by atomic mass is 9.86. The maximum Gasteiger partial charge on any atom is 0.338 e. The molecule has 0 radical (unpaired) electrons. The largest absolute Gasteiger partial charge is 0.478 e. The van der Waals surface area contributed by atoms with Crippen molar-refractivity contribution in [3.8, 4) is 22.4 Å². The average Bonchev–Trinajstić information content (AvgIpc) is 3.05. The molecule has 7 heteroatoms. The van der Waals surface area contributed by atoms with Gasteiger partial charge in [-0.15, -0.1) is 0 Å². The molecule has 0 unspecified atom stereocenters. The zero-order valence-electron chi connectivity index (χ0n) is 21.4. The van der Waals surface area contributed by atoms with Crippen molar-refractivity contribution in [2.45, 2.75) is 64.1 Å². The number of benzene rings is 2. The van der Waals surface area contributed by atoms with Crippen LogP contribution in [0.1, 0.15) is 71.8 Å². The van der Waals surface area contributed by atoms with Gasteiger partial charge in [0, 0.05) is 17.5 Å². The van der Waals surface area contributed by atoms with Gasteiger partial charge < -0.3 is 14.9 Å². The molecular formula is C31H30FNO5. The second-order valence-electron chi connectivity index (χ2n) is 10.3. The molecule has 38 heavy (non-hydrogen) atoms. The van der Waals surface area contributed by atoms with E-state index >= 15 is 0 Å². The number of esters is 1. The second kappa shape index (κ2) is 10.5. The Balaban J connectivity index is 1.79. The summed E-state index contributed by atoms with van der Waals surface area (Å²) in [6.45, 7) is 4.08. The predicted molar refractivity (Wildman–Crippen MR) is 142 cm³/mol. The van der Waals surface area contributed by atoms with Crippen molar-refractivity contribution in [1.82, 2.24) is 4.98 Å². The standard InChI is InChI=1S/C31H30FNO5/c1-17(2)29-24(12-11-21-15-20(34)16-27(35)38-21)28(19-10-13-26(32)25(14-19)31(36)37)23-9-5-7-18-6-3-4-8-22(18)30(23)33-29/h3-4,6,8,10-14,17,20-21,34H,5,7,9,15-16H2,1-2H3,(H,36,37)/t20-,21-/m1/s1. The first kappa shape index (κ1) is 25.8. The summed E-state index contributed by atoms with van der Waals surface area (Å²) in [5.41, 5.74) is 6.65. The van der Waals surface area contributed by atoms with E-state index in [1.807, 2.05) is 32.1 Å². The minimum Gasteiger partial charge on any atom is -0.478 e. The number of cyclic esters (lactones) is 1. The van der Waals surface area contributed by atoms with Crippen molar-refractivity contribution in [2.24, 2.45) is 0 Å². The number of halogens is 1. The van der Waals surface area contributed by atoms with Gasteiger partial charge in [0.25, 0.3) is 0 Å². The minimum absolute atomic E-state index is 0.00741. The molecule has 196 valence electrons. The van der Waals surface area contributed by atoms with Gasteiger partial charge in [-0.3, -0.25) is 9.78 Å². The topological polar surface area (TPSA) is 96.7 Å². The van der Waals surface area contributed by atoms with Crippen molar-refractivity contribution in [2.75, 3.05) is 0 Å². The summed E-state index contributed by atoms with van der Waals surface area (Å²) in [6, 6.07) is 12.4. The molecule has 1 aromatic heterocycles. The number of rotatable bonds is 5. The Morgan fingerprint density at radius 1 is 1.18 bits per heavy atom. The summed E-state index contributed by atoms with van der Waals surface area (Å²) in [6.07, 6.45) is 4.98. The highest BCUT2D eigenvalue weighted by molar-refractivity contribution is 5.92. The molecule has 1 saturated heterocycles. The third-order valence-corrected chi connectivity index (χ3v) is 7.21. The molecule has 2 aromatic carbocycles. The number of aliphatic hydroxyl groups excluding tert-OH is 1. The van der Waals surface area contributed by atoms with Crippen LogP contribution in [0.2, 0.25) is 0 Å². The van der Waals surface area contributed by atoms with Crippen molar-refractivity contribution < 1.29 is 28.9 Å². The van der Waals surface area contributed by atoms with Crippen LogP contribution in [0.5, 0.6) is 0 Å². The molecule has 2 aliphatic rings. The Bertz CT molecular complexity index is 1440. The number of hydrogen-bond donors (Lipinski definition) is 2. The van der Waals surface area contributed by atoms with E-state index in [9.17, 15) is 24.2 Å². The first-order valence-corrected chi connectivity index (χ1v) is 13.0. The highest BCUT2D eigenvalue weighted by Crippen LogP contribution is 2.42. The number of carbonyl (C=O) groups excluding carboxylic acids is 1. The summed E-state index contributed by atoms with van der Waals surface area (Å²) in [4.78, 5) is 28.9. The fourth-order valence-corrected chi connectivity index (χ4v) is 5.46. The molecule has 2 heterocycles. The predicted octanol–water partition coefficient (Wildman–Crippen LogP) is 5.94. The number of aliphatic hydroxyl groups is 1. The van der Waals surface area contributed by atoms with Crippen LogP contribution >= 0.6 is 0 Å². The summed E-state index contributed by atoms with van der Waals surface area (Å²) in [5, 5.41) is 19.7. The molecule has 1 fully saturated rings. The summed E-state index contributed by atoms with van der Waals surface area (Å²) < 4.78 is 19.9. The van der Waals surface area contributed by atoms with Gasteiger partial charge in [-0.05, 0) is 65.6 Å².